The minimum Gasteiger partial charge on any atom is -0.490 e. The van der Waals surface area contributed by atoms with Crippen molar-refractivity contribution in [3.8, 4) is 5.75 Å². The lowest BCUT2D eigenvalue weighted by Gasteiger charge is -2.27. The smallest absolute Gasteiger partial charge is 0.124 e. The summed E-state index contributed by atoms with van der Waals surface area (Å²) in [7, 11) is 0. The number of ether oxygens (including phenoxy) is 1. The Morgan fingerprint density at radius 3 is 2.85 bits per heavy atom. The number of benzene rings is 1. The van der Waals surface area contributed by atoms with Crippen molar-refractivity contribution in [2.45, 2.75) is 12.1 Å². The number of aliphatic hydroxyl groups is 1. The standard InChI is InChI=1S/C9H11NO2.BrH/c10-9-6-3-1-2-4-8(6)12-5-7(9)11;/h1-4,7,9,11H,5,10H2;1H/t7-,9+;/m0./s1. The van der Waals surface area contributed by atoms with Crippen LogP contribution in [0.25, 0.3) is 0 Å². The maximum absolute atomic E-state index is 9.37. The highest BCUT2D eigenvalue weighted by molar-refractivity contribution is 8.93. The van der Waals surface area contributed by atoms with E-state index in [2.05, 4.69) is 0 Å². The molecule has 1 heterocycles. The van der Waals surface area contributed by atoms with Crippen molar-refractivity contribution in [1.82, 2.24) is 0 Å². The van der Waals surface area contributed by atoms with Crippen LogP contribution >= 0.6 is 17.0 Å². The van der Waals surface area contributed by atoms with Crippen molar-refractivity contribution in [3.63, 3.8) is 0 Å². The molecular weight excluding hydrogens is 234 g/mol. The summed E-state index contributed by atoms with van der Waals surface area (Å²) < 4.78 is 5.28. The summed E-state index contributed by atoms with van der Waals surface area (Å²) in [6.45, 7) is 0.290. The van der Waals surface area contributed by atoms with Crippen molar-refractivity contribution in [2.75, 3.05) is 6.61 Å². The maximum atomic E-state index is 9.37. The molecular formula is C9H12BrNO2. The Labute approximate surface area is 87.3 Å². The van der Waals surface area contributed by atoms with E-state index >= 15 is 0 Å². The largest absolute Gasteiger partial charge is 0.490 e. The Balaban J connectivity index is 0.000000845. The average Bonchev–Trinajstić information content (AvgIpc) is 2.12. The van der Waals surface area contributed by atoms with Crippen LogP contribution in [-0.2, 0) is 0 Å². The van der Waals surface area contributed by atoms with E-state index in [4.69, 9.17) is 10.5 Å². The second-order valence-electron chi connectivity index (χ2n) is 2.94. The Morgan fingerprint density at radius 2 is 2.08 bits per heavy atom. The van der Waals surface area contributed by atoms with Crippen molar-refractivity contribution >= 4 is 17.0 Å². The zero-order valence-corrected chi connectivity index (χ0v) is 8.73. The fraction of sp³-hybridized carbons (Fsp3) is 0.333. The number of rotatable bonds is 0. The first-order chi connectivity index (χ1) is 5.79. The van der Waals surface area contributed by atoms with E-state index in [1.807, 2.05) is 24.3 Å². The molecule has 3 nitrogen and oxygen atoms in total. The molecule has 3 N–H and O–H groups in total. The first kappa shape index (κ1) is 10.5. The average molecular weight is 246 g/mol. The summed E-state index contributed by atoms with van der Waals surface area (Å²) in [4.78, 5) is 0. The van der Waals surface area contributed by atoms with Crippen LogP contribution in [0.15, 0.2) is 24.3 Å². The van der Waals surface area contributed by atoms with Crippen LogP contribution in [0.4, 0.5) is 0 Å². The third-order valence-electron chi connectivity index (χ3n) is 2.10. The zero-order valence-electron chi connectivity index (χ0n) is 7.01. The fourth-order valence-corrected chi connectivity index (χ4v) is 1.37. The number of nitrogens with two attached hydrogens (primary N) is 1. The van der Waals surface area contributed by atoms with E-state index in [-0.39, 0.29) is 29.6 Å². The molecule has 13 heavy (non-hydrogen) atoms. The van der Waals surface area contributed by atoms with Gasteiger partial charge in [0.15, 0.2) is 0 Å². The van der Waals surface area contributed by atoms with Gasteiger partial charge in [-0.15, -0.1) is 17.0 Å². The number of aliphatic hydroxyl groups excluding tert-OH is 1. The molecule has 0 amide bonds. The van der Waals surface area contributed by atoms with Crippen LogP contribution in [0.5, 0.6) is 5.75 Å². The van der Waals surface area contributed by atoms with Gasteiger partial charge in [0.2, 0.25) is 0 Å². The Hall–Kier alpha value is -0.580. The number of para-hydroxylation sites is 1. The summed E-state index contributed by atoms with van der Waals surface area (Å²) in [5.74, 6) is 0.787. The molecule has 1 aromatic carbocycles. The predicted molar refractivity (Wildman–Crippen MR) is 55.2 cm³/mol. The minimum absolute atomic E-state index is 0. The first-order valence-electron chi connectivity index (χ1n) is 3.94. The zero-order chi connectivity index (χ0) is 8.55. The molecule has 0 saturated heterocycles. The minimum atomic E-state index is -0.583. The normalized spacial score (nSPS) is 25.4. The highest BCUT2D eigenvalue weighted by atomic mass is 79.9. The van der Waals surface area contributed by atoms with E-state index in [9.17, 15) is 5.11 Å². The SMILES string of the molecule is Br.N[C@@H]1c2ccccc2OC[C@@H]1O. The number of hydrogen-bond donors (Lipinski definition) is 2. The van der Waals surface area contributed by atoms with Crippen LogP contribution in [0.2, 0.25) is 0 Å². The molecule has 1 aliphatic heterocycles. The van der Waals surface area contributed by atoms with Gasteiger partial charge in [0.1, 0.15) is 18.5 Å². The van der Waals surface area contributed by atoms with Gasteiger partial charge in [-0.3, -0.25) is 0 Å². The summed E-state index contributed by atoms with van der Waals surface area (Å²) in [6, 6.07) is 7.21. The lowest BCUT2D eigenvalue weighted by atomic mass is 9.99. The van der Waals surface area contributed by atoms with E-state index in [1.54, 1.807) is 0 Å². The van der Waals surface area contributed by atoms with Gasteiger partial charge in [-0.25, -0.2) is 0 Å². The van der Waals surface area contributed by atoms with Crippen LogP contribution in [0, 0.1) is 0 Å². The molecule has 0 aliphatic carbocycles. The van der Waals surface area contributed by atoms with Gasteiger partial charge in [0, 0.05) is 5.56 Å². The number of fused-ring (bicyclic) bond motifs is 1. The highest BCUT2D eigenvalue weighted by Crippen LogP contribution is 2.29. The summed E-state index contributed by atoms with van der Waals surface area (Å²) >= 11 is 0. The van der Waals surface area contributed by atoms with Crippen molar-refractivity contribution in [3.05, 3.63) is 29.8 Å². The molecule has 1 aliphatic rings. The molecule has 0 radical (unpaired) electrons. The molecule has 72 valence electrons. The lowest BCUT2D eigenvalue weighted by Crippen LogP contribution is -2.35. The molecule has 2 rings (SSSR count). The van der Waals surface area contributed by atoms with Crippen LogP contribution < -0.4 is 10.5 Å². The monoisotopic (exact) mass is 245 g/mol. The molecule has 0 bridgehead atoms. The molecule has 0 unspecified atom stereocenters. The van der Waals surface area contributed by atoms with Gasteiger partial charge in [-0.2, -0.15) is 0 Å². The maximum Gasteiger partial charge on any atom is 0.124 e. The second kappa shape index (κ2) is 4.09. The molecule has 0 fully saturated rings. The van der Waals surface area contributed by atoms with Crippen LogP contribution in [-0.4, -0.2) is 17.8 Å². The third-order valence-corrected chi connectivity index (χ3v) is 2.10. The topological polar surface area (TPSA) is 55.5 Å². The summed E-state index contributed by atoms with van der Waals surface area (Å²) in [5, 5.41) is 9.37. The number of halogens is 1. The Morgan fingerprint density at radius 1 is 1.38 bits per heavy atom. The van der Waals surface area contributed by atoms with E-state index in [0.29, 0.717) is 0 Å². The van der Waals surface area contributed by atoms with Gasteiger partial charge in [0.05, 0.1) is 6.04 Å². The number of hydrogen-bond acceptors (Lipinski definition) is 3. The molecule has 0 spiro atoms. The Kier molecular flexibility index (Phi) is 3.30. The highest BCUT2D eigenvalue weighted by Gasteiger charge is 2.25. The van der Waals surface area contributed by atoms with Gasteiger partial charge >= 0.3 is 0 Å². The van der Waals surface area contributed by atoms with E-state index < -0.39 is 6.10 Å². The van der Waals surface area contributed by atoms with Gasteiger partial charge in [-0.05, 0) is 6.07 Å². The van der Waals surface area contributed by atoms with Crippen molar-refractivity contribution < 1.29 is 9.84 Å². The van der Waals surface area contributed by atoms with Crippen molar-refractivity contribution in [1.29, 1.82) is 0 Å². The van der Waals surface area contributed by atoms with E-state index in [1.165, 1.54) is 0 Å². The predicted octanol–water partition coefficient (Wildman–Crippen LogP) is 1.02. The summed E-state index contributed by atoms with van der Waals surface area (Å²) in [6.07, 6.45) is -0.583. The molecule has 2 atom stereocenters. The first-order valence-corrected chi connectivity index (χ1v) is 3.94. The fourth-order valence-electron chi connectivity index (χ4n) is 1.37. The summed E-state index contributed by atoms with van der Waals surface area (Å²) in [5.41, 5.74) is 6.65. The van der Waals surface area contributed by atoms with Gasteiger partial charge < -0.3 is 15.6 Å². The second-order valence-corrected chi connectivity index (χ2v) is 2.94. The van der Waals surface area contributed by atoms with Crippen LogP contribution in [0.3, 0.4) is 0 Å². The molecule has 0 aromatic heterocycles. The molecule has 0 saturated carbocycles. The Bertz CT molecular complexity index is 293. The van der Waals surface area contributed by atoms with Crippen molar-refractivity contribution in [2.24, 2.45) is 5.73 Å². The third kappa shape index (κ3) is 1.85. The van der Waals surface area contributed by atoms with E-state index in [0.717, 1.165) is 11.3 Å². The molecule has 1 aromatic rings. The quantitative estimate of drug-likeness (QED) is 0.718. The molecule has 4 heteroatoms. The lowest BCUT2D eigenvalue weighted by molar-refractivity contribution is 0.0679. The van der Waals surface area contributed by atoms with Gasteiger partial charge in [0.25, 0.3) is 0 Å². The van der Waals surface area contributed by atoms with Gasteiger partial charge in [-0.1, -0.05) is 18.2 Å². The van der Waals surface area contributed by atoms with Crippen LogP contribution in [0.1, 0.15) is 11.6 Å².